The van der Waals surface area contributed by atoms with Crippen LogP contribution in [0.5, 0.6) is 0 Å². The number of alkyl halides is 3. The fourth-order valence-corrected chi connectivity index (χ4v) is 4.18. The van der Waals surface area contributed by atoms with Crippen molar-refractivity contribution in [1.29, 1.82) is 0 Å². The third-order valence-electron chi connectivity index (χ3n) is 4.67. The molecule has 2 heterocycles. The van der Waals surface area contributed by atoms with E-state index in [2.05, 4.69) is 23.7 Å². The summed E-state index contributed by atoms with van der Waals surface area (Å²) in [6.45, 7) is 4.79. The van der Waals surface area contributed by atoms with Crippen LogP contribution >= 0.6 is 11.3 Å². The molecule has 25 heavy (non-hydrogen) atoms. The average molecular weight is 373 g/mol. The van der Waals surface area contributed by atoms with Gasteiger partial charge in [-0.3, -0.25) is 4.90 Å². The van der Waals surface area contributed by atoms with E-state index in [0.717, 1.165) is 29.9 Å². The van der Waals surface area contributed by atoms with Crippen molar-refractivity contribution in [3.8, 4) is 11.3 Å². The Kier molecular flexibility index (Phi) is 4.76. The molecule has 2 N–H and O–H groups in total. The molecule has 8 heteroatoms. The van der Waals surface area contributed by atoms with Crippen molar-refractivity contribution in [2.45, 2.75) is 51.5 Å². The predicted molar refractivity (Wildman–Crippen MR) is 90.6 cm³/mol. The number of anilines is 1. The third-order valence-corrected chi connectivity index (χ3v) is 5.54. The van der Waals surface area contributed by atoms with Crippen LogP contribution < -0.4 is 5.73 Å². The van der Waals surface area contributed by atoms with Crippen molar-refractivity contribution in [1.82, 2.24) is 9.88 Å². The molecule has 1 fully saturated rings. The first-order valence-electron chi connectivity index (χ1n) is 8.04. The molecule has 0 aliphatic carbocycles. The highest BCUT2D eigenvalue weighted by Crippen LogP contribution is 2.37. The molecule has 3 rings (SSSR count). The number of benzene rings is 1. The predicted octanol–water partition coefficient (Wildman–Crippen LogP) is 4.92. The number of hydrogen-bond donors (Lipinski definition) is 1. The number of rotatable bonds is 3. The van der Waals surface area contributed by atoms with Crippen LogP contribution in [0.15, 0.2) is 18.2 Å². The average Bonchev–Trinajstić information content (AvgIpc) is 3.03. The van der Waals surface area contributed by atoms with Crippen LogP contribution in [-0.4, -0.2) is 22.0 Å². The van der Waals surface area contributed by atoms with E-state index >= 15 is 0 Å². The van der Waals surface area contributed by atoms with Gasteiger partial charge in [0.25, 0.3) is 0 Å². The number of likely N-dealkylation sites (tertiary alicyclic amines) is 1. The maximum absolute atomic E-state index is 13.7. The summed E-state index contributed by atoms with van der Waals surface area (Å²) >= 11 is 1.24. The number of halogens is 4. The molecule has 0 radical (unpaired) electrons. The maximum Gasteiger partial charge on any atom is 0.416 e. The lowest BCUT2D eigenvalue weighted by molar-refractivity contribution is -0.137. The second kappa shape index (κ2) is 6.57. The van der Waals surface area contributed by atoms with Gasteiger partial charge in [-0.25, -0.2) is 9.37 Å². The standard InChI is InChI=1S/C17H19F4N3S/c1-9-3-4-10(2)24(9)8-14-15(23-16(22)25-14)11-5-12(17(19,20)21)7-13(18)6-11/h5-7,9-10H,3-4,8H2,1-2H3,(H2,22,23)/t9-,10-/m1/s1. The summed E-state index contributed by atoms with van der Waals surface area (Å²) < 4.78 is 52.7. The fraction of sp³-hybridized carbons (Fsp3) is 0.471. The van der Waals surface area contributed by atoms with E-state index in [-0.39, 0.29) is 10.7 Å². The minimum atomic E-state index is -4.61. The van der Waals surface area contributed by atoms with Gasteiger partial charge < -0.3 is 5.73 Å². The lowest BCUT2D eigenvalue weighted by Crippen LogP contribution is -2.31. The summed E-state index contributed by atoms with van der Waals surface area (Å²) in [5.74, 6) is -0.940. The number of aromatic nitrogens is 1. The molecule has 0 amide bonds. The summed E-state index contributed by atoms with van der Waals surface area (Å²) in [6, 6.07) is 3.25. The Morgan fingerprint density at radius 3 is 2.44 bits per heavy atom. The molecular weight excluding hydrogens is 354 g/mol. The van der Waals surface area contributed by atoms with Crippen LogP contribution in [0, 0.1) is 5.82 Å². The summed E-state index contributed by atoms with van der Waals surface area (Å²) in [5, 5.41) is 0.266. The Morgan fingerprint density at radius 2 is 1.84 bits per heavy atom. The highest BCUT2D eigenvalue weighted by Gasteiger charge is 2.33. The Hall–Kier alpha value is -1.67. The molecule has 2 atom stereocenters. The van der Waals surface area contributed by atoms with Gasteiger partial charge in [-0.05, 0) is 44.9 Å². The molecule has 2 aromatic rings. The van der Waals surface area contributed by atoms with Gasteiger partial charge in [-0.2, -0.15) is 13.2 Å². The van der Waals surface area contributed by atoms with E-state index in [0.29, 0.717) is 30.4 Å². The Bertz CT molecular complexity index is 762. The van der Waals surface area contributed by atoms with Crippen LogP contribution in [0.4, 0.5) is 22.7 Å². The van der Waals surface area contributed by atoms with Crippen LogP contribution in [0.3, 0.4) is 0 Å². The molecule has 1 saturated heterocycles. The molecule has 1 aliphatic heterocycles. The Labute approximate surface area is 147 Å². The lowest BCUT2D eigenvalue weighted by Gasteiger charge is -2.25. The van der Waals surface area contributed by atoms with Crippen LogP contribution in [0.25, 0.3) is 11.3 Å². The van der Waals surface area contributed by atoms with Crippen molar-refractivity contribution in [2.75, 3.05) is 5.73 Å². The van der Waals surface area contributed by atoms with Crippen molar-refractivity contribution in [2.24, 2.45) is 0 Å². The number of hydrogen-bond acceptors (Lipinski definition) is 4. The van der Waals surface area contributed by atoms with Crippen molar-refractivity contribution >= 4 is 16.5 Å². The number of thiazole rings is 1. The summed E-state index contributed by atoms with van der Waals surface area (Å²) in [6.07, 6.45) is -2.47. The molecule has 136 valence electrons. The van der Waals surface area contributed by atoms with Crippen LogP contribution in [0.1, 0.15) is 37.1 Å². The Balaban J connectivity index is 2.00. The van der Waals surface area contributed by atoms with Crippen molar-refractivity contribution < 1.29 is 17.6 Å². The normalized spacial score (nSPS) is 21.8. The van der Waals surface area contributed by atoms with E-state index < -0.39 is 17.6 Å². The molecule has 1 aromatic heterocycles. The first kappa shape index (κ1) is 18.1. The van der Waals surface area contributed by atoms with Crippen molar-refractivity contribution in [3.63, 3.8) is 0 Å². The SMILES string of the molecule is C[C@@H]1CC[C@@H](C)N1Cc1sc(N)nc1-c1cc(F)cc(C(F)(F)F)c1. The van der Waals surface area contributed by atoms with E-state index in [9.17, 15) is 17.6 Å². The van der Waals surface area contributed by atoms with Gasteiger partial charge in [-0.15, -0.1) is 11.3 Å². The largest absolute Gasteiger partial charge is 0.416 e. The molecule has 1 aromatic carbocycles. The number of nitrogens with two attached hydrogens (primary N) is 1. The molecule has 3 nitrogen and oxygen atoms in total. The van der Waals surface area contributed by atoms with E-state index in [1.807, 2.05) is 0 Å². The van der Waals surface area contributed by atoms with E-state index in [4.69, 9.17) is 5.73 Å². The first-order valence-corrected chi connectivity index (χ1v) is 8.86. The van der Waals surface area contributed by atoms with Crippen molar-refractivity contribution in [3.05, 3.63) is 34.5 Å². The van der Waals surface area contributed by atoms with Gasteiger partial charge in [0.05, 0.1) is 11.3 Å². The van der Waals surface area contributed by atoms with E-state index in [1.54, 1.807) is 0 Å². The zero-order chi connectivity index (χ0) is 18.4. The third kappa shape index (κ3) is 3.79. The zero-order valence-corrected chi connectivity index (χ0v) is 14.7. The maximum atomic E-state index is 13.7. The Morgan fingerprint density at radius 1 is 1.20 bits per heavy atom. The highest BCUT2D eigenvalue weighted by molar-refractivity contribution is 7.15. The number of nitrogens with zero attached hydrogens (tertiary/aromatic N) is 2. The summed E-state index contributed by atoms with van der Waals surface area (Å²) in [4.78, 5) is 7.21. The molecule has 0 bridgehead atoms. The fourth-order valence-electron chi connectivity index (χ4n) is 3.32. The quantitative estimate of drug-likeness (QED) is 0.777. The molecule has 1 aliphatic rings. The zero-order valence-electron chi connectivity index (χ0n) is 13.9. The lowest BCUT2D eigenvalue weighted by atomic mass is 10.1. The molecule has 0 unspecified atom stereocenters. The minimum absolute atomic E-state index is 0.106. The second-order valence-electron chi connectivity index (χ2n) is 6.50. The van der Waals surface area contributed by atoms with Gasteiger partial charge in [0, 0.05) is 29.1 Å². The topological polar surface area (TPSA) is 42.1 Å². The number of nitrogen functional groups attached to an aromatic ring is 1. The minimum Gasteiger partial charge on any atom is -0.375 e. The van der Waals surface area contributed by atoms with Crippen LogP contribution in [-0.2, 0) is 12.7 Å². The summed E-state index contributed by atoms with van der Waals surface area (Å²) in [7, 11) is 0. The van der Waals surface area contributed by atoms with Gasteiger partial charge >= 0.3 is 6.18 Å². The van der Waals surface area contributed by atoms with Gasteiger partial charge in [-0.1, -0.05) is 0 Å². The van der Waals surface area contributed by atoms with Gasteiger partial charge in [0.2, 0.25) is 0 Å². The summed E-state index contributed by atoms with van der Waals surface area (Å²) in [5.41, 5.74) is 5.21. The van der Waals surface area contributed by atoms with Gasteiger partial charge in [0.1, 0.15) is 5.82 Å². The van der Waals surface area contributed by atoms with Crippen LogP contribution in [0.2, 0.25) is 0 Å². The monoisotopic (exact) mass is 373 g/mol. The highest BCUT2D eigenvalue weighted by atomic mass is 32.1. The molecular formula is C17H19F4N3S. The smallest absolute Gasteiger partial charge is 0.375 e. The van der Waals surface area contributed by atoms with E-state index in [1.165, 1.54) is 11.3 Å². The molecule has 0 spiro atoms. The molecule has 0 saturated carbocycles. The van der Waals surface area contributed by atoms with Gasteiger partial charge in [0.15, 0.2) is 5.13 Å². The first-order chi connectivity index (χ1) is 11.6. The second-order valence-corrected chi connectivity index (χ2v) is 7.61.